The van der Waals surface area contributed by atoms with Crippen LogP contribution in [0, 0.1) is 0 Å². The van der Waals surface area contributed by atoms with Crippen molar-refractivity contribution in [1.29, 1.82) is 0 Å². The van der Waals surface area contributed by atoms with Gasteiger partial charge < -0.3 is 28.4 Å². The highest BCUT2D eigenvalue weighted by atomic mass is 16.7. The van der Waals surface area contributed by atoms with Crippen LogP contribution in [0.15, 0.2) is 121 Å². The standard InChI is InChI=1S/C36H32O10/c1-2-41-36-31(46-35(40)27-21-13-6-14-22-27)30(45-34(39)26-19-11-5-12-20-26)29(44-33(38)25-17-9-4-10-18-25)28(43-36)23-42-32(37)24-15-7-3-8-16-24/h3-22,28-31,36H,2,23H2,1H3. The highest BCUT2D eigenvalue weighted by Gasteiger charge is 2.53. The van der Waals surface area contributed by atoms with Gasteiger partial charge in [-0.25, -0.2) is 19.2 Å². The summed E-state index contributed by atoms with van der Waals surface area (Å²) >= 11 is 0. The first-order chi connectivity index (χ1) is 22.4. The molecule has 5 atom stereocenters. The minimum atomic E-state index is -1.45. The van der Waals surface area contributed by atoms with E-state index in [-0.39, 0.29) is 23.3 Å². The number of esters is 4. The predicted molar refractivity (Wildman–Crippen MR) is 164 cm³/mol. The minimum Gasteiger partial charge on any atom is -0.459 e. The quantitative estimate of drug-likeness (QED) is 0.161. The molecule has 4 aromatic rings. The van der Waals surface area contributed by atoms with Gasteiger partial charge in [0.2, 0.25) is 0 Å². The van der Waals surface area contributed by atoms with Crippen molar-refractivity contribution in [2.45, 2.75) is 37.6 Å². The van der Waals surface area contributed by atoms with E-state index < -0.39 is 61.2 Å². The fourth-order valence-electron chi connectivity index (χ4n) is 4.83. The molecular formula is C36H32O10. The van der Waals surface area contributed by atoms with Crippen molar-refractivity contribution in [1.82, 2.24) is 0 Å². The summed E-state index contributed by atoms with van der Waals surface area (Å²) in [5, 5.41) is 0. The van der Waals surface area contributed by atoms with Crippen LogP contribution in [0.25, 0.3) is 0 Å². The Morgan fingerprint density at radius 3 is 1.30 bits per heavy atom. The molecule has 0 aromatic heterocycles. The van der Waals surface area contributed by atoms with Gasteiger partial charge in [0.1, 0.15) is 12.7 Å². The zero-order valence-electron chi connectivity index (χ0n) is 24.9. The summed E-state index contributed by atoms with van der Waals surface area (Å²) in [7, 11) is 0. The number of ether oxygens (including phenoxy) is 6. The molecule has 0 aliphatic carbocycles. The molecule has 1 fully saturated rings. The molecule has 1 aliphatic heterocycles. The van der Waals surface area contributed by atoms with Crippen LogP contribution in [0.3, 0.4) is 0 Å². The van der Waals surface area contributed by atoms with Crippen LogP contribution < -0.4 is 0 Å². The molecule has 0 amide bonds. The second kappa shape index (κ2) is 15.6. The predicted octanol–water partition coefficient (Wildman–Crippen LogP) is 5.28. The Labute approximate surface area is 265 Å². The molecule has 46 heavy (non-hydrogen) atoms. The summed E-state index contributed by atoms with van der Waals surface area (Å²) < 4.78 is 35.4. The molecule has 0 spiro atoms. The molecule has 5 rings (SSSR count). The number of carbonyl (C=O) groups is 4. The van der Waals surface area contributed by atoms with Crippen LogP contribution in [0.2, 0.25) is 0 Å². The molecule has 0 N–H and O–H groups in total. The molecule has 1 heterocycles. The third-order valence-corrected chi connectivity index (χ3v) is 7.07. The Morgan fingerprint density at radius 1 is 0.522 bits per heavy atom. The van der Waals surface area contributed by atoms with Gasteiger partial charge in [-0.3, -0.25) is 0 Å². The second-order valence-electron chi connectivity index (χ2n) is 10.2. The summed E-state index contributed by atoms with van der Waals surface area (Å²) in [5.41, 5.74) is 0.928. The topological polar surface area (TPSA) is 124 Å². The van der Waals surface area contributed by atoms with Gasteiger partial charge in [0.15, 0.2) is 24.6 Å². The maximum atomic E-state index is 13.5. The van der Waals surface area contributed by atoms with Crippen molar-refractivity contribution in [3.05, 3.63) is 144 Å². The van der Waals surface area contributed by atoms with Crippen LogP contribution in [-0.4, -0.2) is 67.8 Å². The highest BCUT2D eigenvalue weighted by Crippen LogP contribution is 2.31. The van der Waals surface area contributed by atoms with Crippen molar-refractivity contribution >= 4 is 23.9 Å². The molecule has 10 nitrogen and oxygen atoms in total. The monoisotopic (exact) mass is 624 g/mol. The molecule has 1 saturated heterocycles. The van der Waals surface area contributed by atoms with Crippen molar-refractivity contribution < 1.29 is 47.6 Å². The smallest absolute Gasteiger partial charge is 0.338 e. The number of carbonyl (C=O) groups excluding carboxylic acids is 4. The molecule has 0 saturated carbocycles. The van der Waals surface area contributed by atoms with Gasteiger partial charge in [0.05, 0.1) is 22.3 Å². The molecule has 4 aromatic carbocycles. The van der Waals surface area contributed by atoms with Crippen LogP contribution in [-0.2, 0) is 28.4 Å². The first-order valence-electron chi connectivity index (χ1n) is 14.7. The van der Waals surface area contributed by atoms with Crippen molar-refractivity contribution in [2.24, 2.45) is 0 Å². The Balaban J connectivity index is 1.52. The largest absolute Gasteiger partial charge is 0.459 e. The summed E-state index contributed by atoms with van der Waals surface area (Å²) in [5.74, 6) is -2.94. The lowest BCUT2D eigenvalue weighted by Gasteiger charge is -2.44. The Morgan fingerprint density at radius 2 is 0.891 bits per heavy atom. The van der Waals surface area contributed by atoms with Crippen LogP contribution in [0.5, 0.6) is 0 Å². The summed E-state index contributed by atoms with van der Waals surface area (Å²) in [6.07, 6.45) is -6.74. The van der Waals surface area contributed by atoms with Gasteiger partial charge in [-0.15, -0.1) is 0 Å². The number of hydrogen-bond donors (Lipinski definition) is 0. The molecule has 0 radical (unpaired) electrons. The third kappa shape index (κ3) is 8.03. The first kappa shape index (κ1) is 32.1. The number of hydrogen-bond acceptors (Lipinski definition) is 10. The molecule has 10 heteroatoms. The summed E-state index contributed by atoms with van der Waals surface area (Å²) in [6.45, 7) is 1.41. The third-order valence-electron chi connectivity index (χ3n) is 7.07. The minimum absolute atomic E-state index is 0.119. The van der Waals surface area contributed by atoms with E-state index in [0.29, 0.717) is 5.56 Å². The van der Waals surface area contributed by atoms with Crippen molar-refractivity contribution in [3.8, 4) is 0 Å². The fourth-order valence-corrected chi connectivity index (χ4v) is 4.83. The van der Waals surface area contributed by atoms with Gasteiger partial charge in [0.25, 0.3) is 0 Å². The van der Waals surface area contributed by atoms with E-state index in [9.17, 15) is 19.2 Å². The highest BCUT2D eigenvalue weighted by molar-refractivity contribution is 5.91. The van der Waals surface area contributed by atoms with Gasteiger partial charge in [-0.1, -0.05) is 72.8 Å². The maximum absolute atomic E-state index is 13.5. The van der Waals surface area contributed by atoms with E-state index in [1.54, 1.807) is 128 Å². The summed E-state index contributed by atoms with van der Waals surface area (Å²) in [6, 6.07) is 32.9. The van der Waals surface area contributed by atoms with Gasteiger partial charge in [0, 0.05) is 6.61 Å². The van der Waals surface area contributed by atoms with Crippen molar-refractivity contribution in [2.75, 3.05) is 13.2 Å². The molecular weight excluding hydrogens is 592 g/mol. The Kier molecular flexibility index (Phi) is 10.9. The van der Waals surface area contributed by atoms with E-state index in [1.165, 1.54) is 0 Å². The first-order valence-corrected chi connectivity index (χ1v) is 14.7. The average Bonchev–Trinajstić information content (AvgIpc) is 3.11. The lowest BCUT2D eigenvalue weighted by Crippen LogP contribution is -2.63. The van der Waals surface area contributed by atoms with Gasteiger partial charge in [-0.05, 0) is 55.5 Å². The Hall–Kier alpha value is -5.32. The zero-order chi connectivity index (χ0) is 32.3. The van der Waals surface area contributed by atoms with E-state index in [2.05, 4.69) is 0 Å². The maximum Gasteiger partial charge on any atom is 0.338 e. The second-order valence-corrected chi connectivity index (χ2v) is 10.2. The SMILES string of the molecule is CCOC1OC(COC(=O)c2ccccc2)C(OC(=O)c2ccccc2)C(OC(=O)c2ccccc2)C1OC(=O)c1ccccc1. The molecule has 0 bridgehead atoms. The lowest BCUT2D eigenvalue weighted by atomic mass is 9.97. The summed E-state index contributed by atoms with van der Waals surface area (Å²) in [4.78, 5) is 53.1. The van der Waals surface area contributed by atoms with Gasteiger partial charge >= 0.3 is 23.9 Å². The molecule has 236 valence electrons. The molecule has 1 aliphatic rings. The average molecular weight is 625 g/mol. The number of rotatable bonds is 11. The fraction of sp³-hybridized carbons (Fsp3) is 0.222. The van der Waals surface area contributed by atoms with Crippen LogP contribution >= 0.6 is 0 Å². The number of benzene rings is 4. The lowest BCUT2D eigenvalue weighted by molar-refractivity contribution is -0.297. The van der Waals surface area contributed by atoms with E-state index in [4.69, 9.17) is 28.4 Å². The van der Waals surface area contributed by atoms with Crippen LogP contribution in [0.4, 0.5) is 0 Å². The zero-order valence-corrected chi connectivity index (χ0v) is 24.9. The normalized spacial score (nSPS) is 20.6. The molecule has 5 unspecified atom stereocenters. The van der Waals surface area contributed by atoms with E-state index >= 15 is 0 Å². The Bertz CT molecular complexity index is 1600. The van der Waals surface area contributed by atoms with Crippen molar-refractivity contribution in [3.63, 3.8) is 0 Å². The van der Waals surface area contributed by atoms with E-state index in [1.807, 2.05) is 0 Å². The van der Waals surface area contributed by atoms with E-state index in [0.717, 1.165) is 0 Å². The van der Waals surface area contributed by atoms with Crippen LogP contribution in [0.1, 0.15) is 48.4 Å². The van der Waals surface area contributed by atoms with Gasteiger partial charge in [-0.2, -0.15) is 0 Å².